The second-order valence-electron chi connectivity index (χ2n) is 6.51. The Bertz CT molecular complexity index is 889. The fraction of sp³-hybridized carbons (Fsp3) is 0.714. The molecule has 0 N–H and O–H groups in total. The van der Waals surface area contributed by atoms with Crippen LogP contribution in [0.2, 0.25) is 0 Å². The van der Waals surface area contributed by atoms with E-state index >= 15 is 0 Å². The molecule has 1 unspecified atom stereocenters. The monoisotopic (exact) mass is 405 g/mol. The molecule has 0 radical (unpaired) electrons. The van der Waals surface area contributed by atoms with E-state index in [0.29, 0.717) is 38.5 Å². The van der Waals surface area contributed by atoms with Crippen LogP contribution in [-0.4, -0.2) is 83.3 Å². The third-order valence-corrected chi connectivity index (χ3v) is 7.18. The van der Waals surface area contributed by atoms with E-state index < -0.39 is 20.0 Å². The van der Waals surface area contributed by atoms with Gasteiger partial charge in [-0.05, 0) is 13.3 Å². The Labute approximate surface area is 153 Å². The first-order chi connectivity index (χ1) is 12.1. The van der Waals surface area contributed by atoms with Crippen LogP contribution in [0.15, 0.2) is 11.2 Å². The van der Waals surface area contributed by atoms with Gasteiger partial charge in [0.15, 0.2) is 0 Å². The van der Waals surface area contributed by atoms with E-state index in [2.05, 4.69) is 9.97 Å². The lowest BCUT2D eigenvalue weighted by atomic mass is 10.2. The Kier molecular flexibility index (Phi) is 5.12. The summed E-state index contributed by atoms with van der Waals surface area (Å²) in [5, 5.41) is -0.382. The van der Waals surface area contributed by atoms with E-state index in [1.165, 1.54) is 17.4 Å². The molecule has 0 saturated carbocycles. The molecule has 2 aliphatic heterocycles. The first-order valence-electron chi connectivity index (χ1n) is 8.28. The molecule has 0 aromatic carbocycles. The molecule has 0 bridgehead atoms. The summed E-state index contributed by atoms with van der Waals surface area (Å²) in [6, 6.07) is 1.52. The Balaban J connectivity index is 2.12. The summed E-state index contributed by atoms with van der Waals surface area (Å²) in [5.41, 5.74) is 0. The van der Waals surface area contributed by atoms with Crippen LogP contribution in [0.25, 0.3) is 0 Å². The van der Waals surface area contributed by atoms with Crippen LogP contribution in [0.4, 0.5) is 11.6 Å². The molecule has 26 heavy (non-hydrogen) atoms. The van der Waals surface area contributed by atoms with Crippen LogP contribution >= 0.6 is 0 Å². The molecule has 1 atom stereocenters. The minimum Gasteiger partial charge on any atom is -0.377 e. The zero-order valence-electron chi connectivity index (χ0n) is 15.0. The summed E-state index contributed by atoms with van der Waals surface area (Å²) in [5.74, 6) is 0.454. The van der Waals surface area contributed by atoms with Crippen molar-refractivity contribution in [3.8, 4) is 0 Å². The predicted octanol–water partition coefficient (Wildman–Crippen LogP) is -0.508. The van der Waals surface area contributed by atoms with E-state index in [0.717, 1.165) is 10.6 Å². The summed E-state index contributed by atoms with van der Waals surface area (Å²) < 4.78 is 57.2. The lowest BCUT2D eigenvalue weighted by molar-refractivity contribution is 0.0984. The molecule has 1 aromatic heterocycles. The third-order valence-electron chi connectivity index (χ3n) is 4.43. The quantitative estimate of drug-likeness (QED) is 0.618. The lowest BCUT2D eigenvalue weighted by Crippen LogP contribution is -2.48. The number of anilines is 2. The van der Waals surface area contributed by atoms with Crippen LogP contribution in [0.1, 0.15) is 13.3 Å². The van der Waals surface area contributed by atoms with Gasteiger partial charge in [-0.15, -0.1) is 0 Å². The van der Waals surface area contributed by atoms with Gasteiger partial charge in [0.1, 0.15) is 11.6 Å². The fourth-order valence-corrected chi connectivity index (χ4v) is 4.88. The first-order valence-corrected chi connectivity index (χ1v) is 11.6. The van der Waals surface area contributed by atoms with Crippen molar-refractivity contribution in [2.24, 2.45) is 0 Å². The molecule has 2 saturated heterocycles. The van der Waals surface area contributed by atoms with Gasteiger partial charge in [0.2, 0.25) is 9.84 Å². The molecular weight excluding hydrogens is 382 g/mol. The van der Waals surface area contributed by atoms with Gasteiger partial charge >= 0.3 is 10.2 Å². The van der Waals surface area contributed by atoms with Gasteiger partial charge < -0.3 is 9.64 Å². The molecule has 1 aromatic rings. The molecule has 2 aliphatic rings. The molecule has 10 nitrogen and oxygen atoms in total. The number of nitrogens with zero attached hydrogens (tertiary/aromatic N) is 5. The van der Waals surface area contributed by atoms with E-state index in [4.69, 9.17) is 4.74 Å². The van der Waals surface area contributed by atoms with Gasteiger partial charge in [-0.2, -0.15) is 17.7 Å². The summed E-state index contributed by atoms with van der Waals surface area (Å²) in [6.07, 6.45) is 1.63. The van der Waals surface area contributed by atoms with Gasteiger partial charge in [-0.3, -0.25) is 0 Å². The van der Waals surface area contributed by atoms with Gasteiger partial charge in [-0.25, -0.2) is 17.7 Å². The van der Waals surface area contributed by atoms with Crippen molar-refractivity contribution in [1.29, 1.82) is 0 Å². The zero-order valence-corrected chi connectivity index (χ0v) is 16.6. The minimum atomic E-state index is -3.74. The van der Waals surface area contributed by atoms with Gasteiger partial charge in [0.25, 0.3) is 5.16 Å². The maximum Gasteiger partial charge on any atom is 0.305 e. The fourth-order valence-electron chi connectivity index (χ4n) is 2.98. The van der Waals surface area contributed by atoms with Crippen molar-refractivity contribution in [3.05, 3.63) is 6.07 Å². The van der Waals surface area contributed by atoms with Gasteiger partial charge in [0, 0.05) is 39.0 Å². The Morgan fingerprint density at radius 3 is 2.54 bits per heavy atom. The van der Waals surface area contributed by atoms with E-state index in [1.54, 1.807) is 0 Å². The standard InChI is InChI=1S/C14H23N5O5S2/c1-11-10-24-8-7-18(11)12-9-13(16-14(15-12)25(3,20)21)19-6-4-5-17(2)26(19,22)23/h9,11H,4-8,10H2,1-3H3. The number of rotatable bonds is 3. The van der Waals surface area contributed by atoms with Crippen LogP contribution < -0.4 is 9.21 Å². The van der Waals surface area contributed by atoms with Crippen LogP contribution in [-0.2, 0) is 24.8 Å². The Morgan fingerprint density at radius 1 is 1.19 bits per heavy atom. The summed E-state index contributed by atoms with van der Waals surface area (Å²) in [7, 11) is -5.96. The van der Waals surface area contributed by atoms with Crippen molar-refractivity contribution >= 4 is 31.7 Å². The van der Waals surface area contributed by atoms with E-state index in [-0.39, 0.29) is 23.6 Å². The lowest BCUT2D eigenvalue weighted by Gasteiger charge is -2.36. The maximum atomic E-state index is 12.6. The number of morpholine rings is 1. The Hall–Kier alpha value is -1.50. The summed E-state index contributed by atoms with van der Waals surface area (Å²) in [4.78, 5) is 10.1. The summed E-state index contributed by atoms with van der Waals surface area (Å²) >= 11 is 0. The van der Waals surface area contributed by atoms with Gasteiger partial charge in [-0.1, -0.05) is 0 Å². The highest BCUT2D eigenvalue weighted by molar-refractivity contribution is 7.90. The SMILES string of the molecule is CC1COCCN1c1cc(N2CCCN(C)S2(=O)=O)nc(S(C)(=O)=O)n1. The highest BCUT2D eigenvalue weighted by Gasteiger charge is 2.34. The molecule has 0 amide bonds. The topological polar surface area (TPSA) is 113 Å². The van der Waals surface area contributed by atoms with E-state index in [1.807, 2.05) is 11.8 Å². The highest BCUT2D eigenvalue weighted by Crippen LogP contribution is 2.28. The second-order valence-corrected chi connectivity index (χ2v) is 10.4. The molecule has 12 heteroatoms. The maximum absolute atomic E-state index is 12.6. The second kappa shape index (κ2) is 6.91. The molecule has 3 rings (SSSR count). The predicted molar refractivity (Wildman–Crippen MR) is 96.3 cm³/mol. The van der Waals surface area contributed by atoms with Crippen LogP contribution in [0, 0.1) is 0 Å². The van der Waals surface area contributed by atoms with Crippen molar-refractivity contribution < 1.29 is 21.6 Å². The molecular formula is C14H23N5O5S2. The van der Waals surface area contributed by atoms with E-state index in [9.17, 15) is 16.8 Å². The zero-order chi connectivity index (χ0) is 19.1. The normalized spacial score (nSPS) is 24.7. The summed E-state index contributed by atoms with van der Waals surface area (Å²) in [6.45, 7) is 4.10. The molecule has 0 spiro atoms. The van der Waals surface area contributed by atoms with Crippen molar-refractivity contribution in [2.45, 2.75) is 24.5 Å². The highest BCUT2D eigenvalue weighted by atomic mass is 32.2. The molecule has 0 aliphatic carbocycles. The van der Waals surface area contributed by atoms with Gasteiger partial charge in [0.05, 0.1) is 19.3 Å². The Morgan fingerprint density at radius 2 is 1.88 bits per heavy atom. The first kappa shape index (κ1) is 19.3. The number of hydrogen-bond acceptors (Lipinski definition) is 8. The largest absolute Gasteiger partial charge is 0.377 e. The van der Waals surface area contributed by atoms with Crippen molar-refractivity contribution in [2.75, 3.05) is 55.4 Å². The smallest absolute Gasteiger partial charge is 0.305 e. The van der Waals surface area contributed by atoms with Crippen LogP contribution in [0.3, 0.4) is 0 Å². The van der Waals surface area contributed by atoms with Crippen molar-refractivity contribution in [3.63, 3.8) is 0 Å². The minimum absolute atomic E-state index is 0.0143. The number of ether oxygens (including phenoxy) is 1. The van der Waals surface area contributed by atoms with Crippen molar-refractivity contribution in [1.82, 2.24) is 14.3 Å². The molecule has 146 valence electrons. The van der Waals surface area contributed by atoms with Crippen LogP contribution in [0.5, 0.6) is 0 Å². The number of aromatic nitrogens is 2. The number of hydrogen-bond donors (Lipinski definition) is 0. The molecule has 3 heterocycles. The average Bonchev–Trinajstić information content (AvgIpc) is 2.56. The molecule has 2 fully saturated rings. The number of sulfone groups is 1. The average molecular weight is 406 g/mol. The third kappa shape index (κ3) is 3.63.